The van der Waals surface area contributed by atoms with Crippen LogP contribution in [0.25, 0.3) is 0 Å². The molecule has 1 aromatic carbocycles. The van der Waals surface area contributed by atoms with Gasteiger partial charge in [-0.1, -0.05) is 41.6 Å². The Hall–Kier alpha value is -1.00. The van der Waals surface area contributed by atoms with Crippen molar-refractivity contribution in [1.29, 1.82) is 0 Å². The predicted octanol–water partition coefficient (Wildman–Crippen LogP) is 5.09. The Labute approximate surface area is 133 Å². The van der Waals surface area contributed by atoms with Crippen LogP contribution < -0.4 is 5.32 Å². The summed E-state index contributed by atoms with van der Waals surface area (Å²) in [5.74, 6) is -0.0497. The van der Waals surface area contributed by atoms with E-state index in [0.717, 1.165) is 8.72 Å². The lowest BCUT2D eigenvalue weighted by Gasteiger charge is -2.17. The standard InChI is InChI=1S/C16H20BrNOS/c1-5-14(20-15(17)11(2)3)12(4)18-16(19)13-9-7-6-8-10-13/h5-10,12H,1-4H3,(H,18,19)/b14-5-. The molecule has 0 heterocycles. The summed E-state index contributed by atoms with van der Waals surface area (Å²) in [5.41, 5.74) is 1.90. The number of amides is 1. The van der Waals surface area contributed by atoms with Crippen molar-refractivity contribution in [1.82, 2.24) is 5.32 Å². The number of carbonyl (C=O) groups excluding carboxylic acids is 1. The molecule has 1 amide bonds. The van der Waals surface area contributed by atoms with Crippen LogP contribution in [0.1, 0.15) is 38.1 Å². The Bertz CT molecular complexity index is 519. The van der Waals surface area contributed by atoms with Gasteiger partial charge in [0, 0.05) is 10.5 Å². The van der Waals surface area contributed by atoms with Crippen molar-refractivity contribution >= 4 is 33.6 Å². The first kappa shape index (κ1) is 17.1. The summed E-state index contributed by atoms with van der Waals surface area (Å²) in [5, 5.41) is 3.02. The number of rotatable bonds is 5. The topological polar surface area (TPSA) is 29.1 Å². The summed E-state index contributed by atoms with van der Waals surface area (Å²) in [6.45, 7) is 8.09. The molecule has 4 heteroatoms. The lowest BCUT2D eigenvalue weighted by Crippen LogP contribution is -2.33. The molecule has 0 aliphatic rings. The minimum atomic E-state index is -0.0497. The van der Waals surface area contributed by atoms with E-state index in [1.165, 1.54) is 5.57 Å². The molecule has 0 aliphatic carbocycles. The number of allylic oxidation sites excluding steroid dienone is 2. The number of hydrogen-bond donors (Lipinski definition) is 1. The molecule has 1 atom stereocenters. The summed E-state index contributed by atoms with van der Waals surface area (Å²) in [4.78, 5) is 13.2. The molecule has 1 N–H and O–H groups in total. The highest BCUT2D eigenvalue weighted by Crippen LogP contribution is 2.34. The maximum Gasteiger partial charge on any atom is 0.251 e. The fourth-order valence-electron chi connectivity index (χ4n) is 1.54. The maximum atomic E-state index is 12.1. The van der Waals surface area contributed by atoms with E-state index in [9.17, 15) is 4.79 Å². The first-order valence-electron chi connectivity index (χ1n) is 6.48. The number of halogens is 1. The van der Waals surface area contributed by atoms with Crippen LogP contribution in [0.4, 0.5) is 0 Å². The van der Waals surface area contributed by atoms with Crippen LogP contribution in [-0.2, 0) is 0 Å². The lowest BCUT2D eigenvalue weighted by molar-refractivity contribution is 0.0946. The van der Waals surface area contributed by atoms with Crippen LogP contribution in [0, 0.1) is 0 Å². The van der Waals surface area contributed by atoms with Crippen molar-refractivity contribution in [3.05, 3.63) is 56.3 Å². The molecular weight excluding hydrogens is 334 g/mol. The third-order valence-electron chi connectivity index (χ3n) is 2.70. The summed E-state index contributed by atoms with van der Waals surface area (Å²) in [6.07, 6.45) is 2.03. The minimum absolute atomic E-state index is 0.0235. The number of hydrogen-bond acceptors (Lipinski definition) is 2. The summed E-state index contributed by atoms with van der Waals surface area (Å²) >= 11 is 5.19. The zero-order valence-corrected chi connectivity index (χ0v) is 14.6. The van der Waals surface area contributed by atoms with Crippen molar-refractivity contribution in [2.75, 3.05) is 0 Å². The molecule has 0 aromatic heterocycles. The van der Waals surface area contributed by atoms with Crippen molar-refractivity contribution in [3.8, 4) is 0 Å². The average molecular weight is 354 g/mol. The van der Waals surface area contributed by atoms with Crippen molar-refractivity contribution in [3.63, 3.8) is 0 Å². The third-order valence-corrected chi connectivity index (χ3v) is 5.39. The first-order chi connectivity index (χ1) is 9.45. The van der Waals surface area contributed by atoms with E-state index >= 15 is 0 Å². The van der Waals surface area contributed by atoms with E-state index in [0.29, 0.717) is 5.56 Å². The zero-order valence-electron chi connectivity index (χ0n) is 12.2. The van der Waals surface area contributed by atoms with Gasteiger partial charge in [-0.3, -0.25) is 4.79 Å². The smallest absolute Gasteiger partial charge is 0.251 e. The SMILES string of the molecule is C/C=C(\SC(Br)=C(C)C)C(C)NC(=O)c1ccccc1. The van der Waals surface area contributed by atoms with Crippen molar-refractivity contribution < 1.29 is 4.79 Å². The second kappa shape index (κ2) is 8.32. The molecule has 0 saturated heterocycles. The van der Waals surface area contributed by atoms with Crippen LogP contribution in [0.5, 0.6) is 0 Å². The van der Waals surface area contributed by atoms with Gasteiger partial charge in [0.25, 0.3) is 5.91 Å². The molecule has 0 fully saturated rings. The van der Waals surface area contributed by atoms with Gasteiger partial charge in [-0.25, -0.2) is 0 Å². The van der Waals surface area contributed by atoms with Gasteiger partial charge in [0.2, 0.25) is 0 Å². The number of benzene rings is 1. The van der Waals surface area contributed by atoms with E-state index in [-0.39, 0.29) is 11.9 Å². The van der Waals surface area contributed by atoms with E-state index in [1.807, 2.05) is 50.3 Å². The molecule has 0 radical (unpaired) electrons. The highest BCUT2D eigenvalue weighted by atomic mass is 79.9. The summed E-state index contributed by atoms with van der Waals surface area (Å²) < 4.78 is 1.09. The normalized spacial score (nSPS) is 12.8. The van der Waals surface area contributed by atoms with E-state index in [1.54, 1.807) is 11.8 Å². The van der Waals surface area contributed by atoms with Crippen LogP contribution in [0.15, 0.2) is 50.7 Å². The van der Waals surface area contributed by atoms with Crippen molar-refractivity contribution in [2.24, 2.45) is 0 Å². The highest BCUT2D eigenvalue weighted by molar-refractivity contribution is 9.14. The molecule has 108 valence electrons. The fourth-order valence-corrected chi connectivity index (χ4v) is 2.87. The first-order valence-corrected chi connectivity index (χ1v) is 8.09. The van der Waals surface area contributed by atoms with Gasteiger partial charge in [-0.15, -0.1) is 0 Å². The molecular formula is C16H20BrNOS. The number of carbonyl (C=O) groups is 1. The quantitative estimate of drug-likeness (QED) is 0.798. The molecule has 0 bridgehead atoms. The molecule has 0 aliphatic heterocycles. The Morgan fingerprint density at radius 3 is 2.40 bits per heavy atom. The van der Waals surface area contributed by atoms with Crippen LogP contribution in [0.3, 0.4) is 0 Å². The van der Waals surface area contributed by atoms with Crippen LogP contribution in [0.2, 0.25) is 0 Å². The third kappa shape index (κ3) is 5.17. The second-order valence-corrected chi connectivity index (χ2v) is 7.03. The van der Waals surface area contributed by atoms with Crippen LogP contribution >= 0.6 is 27.7 Å². The Morgan fingerprint density at radius 1 is 1.30 bits per heavy atom. The van der Waals surface area contributed by atoms with Crippen molar-refractivity contribution in [2.45, 2.75) is 33.7 Å². The fraction of sp³-hybridized carbons (Fsp3) is 0.312. The summed E-state index contributed by atoms with van der Waals surface area (Å²) in [7, 11) is 0. The Balaban J connectivity index is 2.72. The predicted molar refractivity (Wildman–Crippen MR) is 92.0 cm³/mol. The highest BCUT2D eigenvalue weighted by Gasteiger charge is 2.14. The van der Waals surface area contributed by atoms with Crippen LogP contribution in [-0.4, -0.2) is 11.9 Å². The molecule has 0 spiro atoms. The number of thioether (sulfide) groups is 1. The van der Waals surface area contributed by atoms with E-state index in [4.69, 9.17) is 0 Å². The molecule has 1 rings (SSSR count). The molecule has 1 aromatic rings. The summed E-state index contributed by atoms with van der Waals surface area (Å²) in [6, 6.07) is 9.24. The van der Waals surface area contributed by atoms with Gasteiger partial charge in [-0.2, -0.15) is 0 Å². The van der Waals surface area contributed by atoms with Gasteiger partial charge in [0.05, 0.1) is 9.86 Å². The zero-order chi connectivity index (χ0) is 15.1. The monoisotopic (exact) mass is 353 g/mol. The number of nitrogens with one attached hydrogen (secondary N) is 1. The molecule has 0 saturated carbocycles. The molecule has 20 heavy (non-hydrogen) atoms. The largest absolute Gasteiger partial charge is 0.345 e. The maximum absolute atomic E-state index is 12.1. The van der Waals surface area contributed by atoms with Gasteiger partial charge >= 0.3 is 0 Å². The average Bonchev–Trinajstić information content (AvgIpc) is 2.44. The van der Waals surface area contributed by atoms with Gasteiger partial charge in [-0.05, 0) is 55.8 Å². The van der Waals surface area contributed by atoms with E-state index < -0.39 is 0 Å². The Morgan fingerprint density at radius 2 is 1.90 bits per heavy atom. The molecule has 2 nitrogen and oxygen atoms in total. The van der Waals surface area contributed by atoms with Gasteiger partial charge in [0.15, 0.2) is 0 Å². The van der Waals surface area contributed by atoms with Gasteiger partial charge < -0.3 is 5.32 Å². The lowest BCUT2D eigenvalue weighted by atomic mass is 10.2. The van der Waals surface area contributed by atoms with E-state index in [2.05, 4.69) is 35.1 Å². The second-order valence-electron chi connectivity index (χ2n) is 4.63. The minimum Gasteiger partial charge on any atom is -0.345 e. The van der Waals surface area contributed by atoms with Gasteiger partial charge in [0.1, 0.15) is 0 Å². The molecule has 1 unspecified atom stereocenters. The Kier molecular flexibility index (Phi) is 7.10.